The maximum atomic E-state index is 5.49. The molecule has 98 valence electrons. The minimum absolute atomic E-state index is 0.589. The van der Waals surface area contributed by atoms with Gasteiger partial charge in [0.05, 0.1) is 5.69 Å². The second-order valence-electron chi connectivity index (χ2n) is 4.63. The Hall–Kier alpha value is -2.23. The Balaban J connectivity index is 1.80. The average molecular weight is 255 g/mol. The molecule has 0 spiro atoms. The van der Waals surface area contributed by atoms with Crippen LogP contribution in [0.4, 0.5) is 6.01 Å². The molecule has 0 atom stereocenters. The van der Waals surface area contributed by atoms with Crippen LogP contribution in [-0.4, -0.2) is 17.0 Å². The van der Waals surface area contributed by atoms with Crippen molar-refractivity contribution in [2.45, 2.75) is 19.8 Å². The topological polar surface area (TPSA) is 53.9 Å². The zero-order valence-corrected chi connectivity index (χ0v) is 11.2. The molecule has 0 aliphatic carbocycles. The van der Waals surface area contributed by atoms with Crippen LogP contribution in [0.15, 0.2) is 34.9 Å². The van der Waals surface area contributed by atoms with Crippen LogP contribution in [0, 0.1) is 6.92 Å². The molecule has 3 aromatic rings. The molecule has 0 bridgehead atoms. The summed E-state index contributed by atoms with van der Waals surface area (Å²) in [6.07, 6.45) is 3.93. The van der Waals surface area contributed by atoms with E-state index in [1.165, 1.54) is 16.5 Å². The monoisotopic (exact) mass is 255 g/mol. The minimum atomic E-state index is 0.589. The zero-order valence-electron chi connectivity index (χ0n) is 11.2. The summed E-state index contributed by atoms with van der Waals surface area (Å²) in [5.74, 6) is 0.893. The molecule has 0 fully saturated rings. The van der Waals surface area contributed by atoms with Gasteiger partial charge in [0.1, 0.15) is 5.76 Å². The standard InChI is InChI=1S/C15H17N3O/c1-10-13(18-15(16-2)19-10)8-7-11-9-17-14-6-4-3-5-12(11)14/h3-6,9,17H,7-8H2,1-2H3,(H,16,18). The predicted molar refractivity (Wildman–Crippen MR) is 76.5 cm³/mol. The van der Waals surface area contributed by atoms with E-state index < -0.39 is 0 Å². The summed E-state index contributed by atoms with van der Waals surface area (Å²) in [6, 6.07) is 8.95. The Morgan fingerprint density at radius 1 is 1.26 bits per heavy atom. The van der Waals surface area contributed by atoms with Gasteiger partial charge in [0.2, 0.25) is 0 Å². The molecule has 3 rings (SSSR count). The summed E-state index contributed by atoms with van der Waals surface area (Å²) in [7, 11) is 1.81. The van der Waals surface area contributed by atoms with Gasteiger partial charge in [0.25, 0.3) is 6.01 Å². The molecule has 0 aliphatic rings. The molecule has 4 heteroatoms. The Labute approximate surface area is 111 Å². The van der Waals surface area contributed by atoms with Crippen molar-refractivity contribution in [3.05, 3.63) is 47.5 Å². The normalized spacial score (nSPS) is 11.1. The zero-order chi connectivity index (χ0) is 13.2. The number of oxazole rings is 1. The van der Waals surface area contributed by atoms with Crippen LogP contribution < -0.4 is 5.32 Å². The third-order valence-corrected chi connectivity index (χ3v) is 3.41. The summed E-state index contributed by atoms with van der Waals surface area (Å²) < 4.78 is 5.49. The number of anilines is 1. The van der Waals surface area contributed by atoms with E-state index in [-0.39, 0.29) is 0 Å². The van der Waals surface area contributed by atoms with Gasteiger partial charge in [-0.3, -0.25) is 0 Å². The first-order valence-corrected chi connectivity index (χ1v) is 6.47. The molecular formula is C15H17N3O. The number of para-hydroxylation sites is 1. The van der Waals surface area contributed by atoms with Gasteiger partial charge in [-0.05, 0) is 31.4 Å². The fourth-order valence-electron chi connectivity index (χ4n) is 2.36. The fraction of sp³-hybridized carbons (Fsp3) is 0.267. The van der Waals surface area contributed by atoms with Crippen LogP contribution in [0.3, 0.4) is 0 Å². The smallest absolute Gasteiger partial charge is 0.294 e. The lowest BCUT2D eigenvalue weighted by Gasteiger charge is -1.98. The molecule has 2 aromatic heterocycles. The highest BCUT2D eigenvalue weighted by Crippen LogP contribution is 2.21. The van der Waals surface area contributed by atoms with E-state index in [0.717, 1.165) is 24.3 Å². The van der Waals surface area contributed by atoms with E-state index in [2.05, 4.69) is 39.7 Å². The number of nitrogens with zero attached hydrogens (tertiary/aromatic N) is 1. The number of rotatable bonds is 4. The highest BCUT2D eigenvalue weighted by Gasteiger charge is 2.10. The number of hydrogen-bond donors (Lipinski definition) is 2. The summed E-state index contributed by atoms with van der Waals surface area (Å²) in [4.78, 5) is 7.72. The highest BCUT2D eigenvalue weighted by atomic mass is 16.4. The number of fused-ring (bicyclic) bond motifs is 1. The van der Waals surface area contributed by atoms with Crippen molar-refractivity contribution in [1.82, 2.24) is 9.97 Å². The van der Waals surface area contributed by atoms with E-state index in [0.29, 0.717) is 6.01 Å². The maximum Gasteiger partial charge on any atom is 0.294 e. The van der Waals surface area contributed by atoms with Gasteiger partial charge in [-0.1, -0.05) is 18.2 Å². The van der Waals surface area contributed by atoms with Crippen LogP contribution in [0.2, 0.25) is 0 Å². The molecule has 0 unspecified atom stereocenters. The first kappa shape index (κ1) is 11.8. The lowest BCUT2D eigenvalue weighted by atomic mass is 10.1. The van der Waals surface area contributed by atoms with Crippen molar-refractivity contribution in [3.8, 4) is 0 Å². The van der Waals surface area contributed by atoms with E-state index >= 15 is 0 Å². The lowest BCUT2D eigenvalue weighted by molar-refractivity contribution is 0.540. The maximum absolute atomic E-state index is 5.49. The van der Waals surface area contributed by atoms with Gasteiger partial charge in [-0.15, -0.1) is 0 Å². The number of nitrogens with one attached hydrogen (secondary N) is 2. The average Bonchev–Trinajstić information content (AvgIpc) is 3.00. The molecule has 0 aliphatic heterocycles. The van der Waals surface area contributed by atoms with E-state index in [4.69, 9.17) is 4.42 Å². The minimum Gasteiger partial charge on any atom is -0.429 e. The molecular weight excluding hydrogens is 238 g/mol. The number of hydrogen-bond acceptors (Lipinski definition) is 3. The third-order valence-electron chi connectivity index (χ3n) is 3.41. The van der Waals surface area contributed by atoms with Gasteiger partial charge in [-0.2, -0.15) is 4.98 Å². The molecule has 0 saturated carbocycles. The van der Waals surface area contributed by atoms with E-state index in [9.17, 15) is 0 Å². The van der Waals surface area contributed by atoms with Crippen molar-refractivity contribution in [1.29, 1.82) is 0 Å². The van der Waals surface area contributed by atoms with Crippen molar-refractivity contribution in [2.75, 3.05) is 12.4 Å². The van der Waals surface area contributed by atoms with Crippen molar-refractivity contribution >= 4 is 16.9 Å². The quantitative estimate of drug-likeness (QED) is 0.752. The molecule has 19 heavy (non-hydrogen) atoms. The van der Waals surface area contributed by atoms with E-state index in [1.54, 1.807) is 0 Å². The Morgan fingerprint density at radius 3 is 2.89 bits per heavy atom. The number of aryl methyl sites for hydroxylation is 3. The van der Waals surface area contributed by atoms with Gasteiger partial charge < -0.3 is 14.7 Å². The Bertz CT molecular complexity index is 696. The van der Waals surface area contributed by atoms with Gasteiger partial charge in [-0.25, -0.2) is 0 Å². The summed E-state index contributed by atoms with van der Waals surface area (Å²) in [5.41, 5.74) is 3.53. The molecule has 2 heterocycles. The first-order valence-electron chi connectivity index (χ1n) is 6.47. The summed E-state index contributed by atoms with van der Waals surface area (Å²) >= 11 is 0. The number of aromatic nitrogens is 2. The van der Waals surface area contributed by atoms with Crippen molar-refractivity contribution in [3.63, 3.8) is 0 Å². The number of aromatic amines is 1. The molecule has 1 aromatic carbocycles. The van der Waals surface area contributed by atoms with Crippen LogP contribution >= 0.6 is 0 Å². The summed E-state index contributed by atoms with van der Waals surface area (Å²) in [5, 5.41) is 4.22. The first-order chi connectivity index (χ1) is 9.28. The second kappa shape index (κ2) is 4.80. The highest BCUT2D eigenvalue weighted by molar-refractivity contribution is 5.83. The largest absolute Gasteiger partial charge is 0.429 e. The van der Waals surface area contributed by atoms with Crippen LogP contribution in [0.1, 0.15) is 17.0 Å². The molecule has 2 N–H and O–H groups in total. The van der Waals surface area contributed by atoms with Crippen LogP contribution in [0.25, 0.3) is 10.9 Å². The summed E-state index contributed by atoms with van der Waals surface area (Å²) in [6.45, 7) is 1.96. The van der Waals surface area contributed by atoms with Crippen LogP contribution in [0.5, 0.6) is 0 Å². The van der Waals surface area contributed by atoms with Gasteiger partial charge >= 0.3 is 0 Å². The van der Waals surface area contributed by atoms with Crippen molar-refractivity contribution in [2.24, 2.45) is 0 Å². The number of H-pyrrole nitrogens is 1. The van der Waals surface area contributed by atoms with Crippen LogP contribution in [-0.2, 0) is 12.8 Å². The van der Waals surface area contributed by atoms with Crippen molar-refractivity contribution < 1.29 is 4.42 Å². The van der Waals surface area contributed by atoms with E-state index in [1.807, 2.05) is 20.0 Å². The fourth-order valence-corrected chi connectivity index (χ4v) is 2.36. The second-order valence-corrected chi connectivity index (χ2v) is 4.63. The van der Waals surface area contributed by atoms with Gasteiger partial charge in [0.15, 0.2) is 0 Å². The molecule has 0 saturated heterocycles. The Morgan fingerprint density at radius 2 is 2.11 bits per heavy atom. The lowest BCUT2D eigenvalue weighted by Crippen LogP contribution is -1.94. The predicted octanol–water partition coefficient (Wildman–Crippen LogP) is 3.29. The molecule has 0 amide bonds. The SMILES string of the molecule is CNc1nc(CCc2c[nH]c3ccccc23)c(C)o1. The molecule has 4 nitrogen and oxygen atoms in total. The van der Waals surface area contributed by atoms with Gasteiger partial charge in [0, 0.05) is 24.1 Å². The molecule has 0 radical (unpaired) electrons. The number of benzene rings is 1. The third kappa shape index (κ3) is 2.21. The Kier molecular flexibility index (Phi) is 2.99.